The van der Waals surface area contributed by atoms with Gasteiger partial charge in [-0.05, 0) is 55.2 Å². The van der Waals surface area contributed by atoms with E-state index in [2.05, 4.69) is 49.8 Å². The molecule has 0 bridgehead atoms. The summed E-state index contributed by atoms with van der Waals surface area (Å²) in [6.07, 6.45) is 3.93. The van der Waals surface area contributed by atoms with Gasteiger partial charge in [-0.3, -0.25) is 0 Å². The van der Waals surface area contributed by atoms with E-state index in [9.17, 15) is 4.39 Å². The zero-order chi connectivity index (χ0) is 19.3. The number of rotatable bonds is 5. The van der Waals surface area contributed by atoms with E-state index < -0.39 is 0 Å². The first kappa shape index (κ1) is 18.2. The molecule has 0 saturated carbocycles. The van der Waals surface area contributed by atoms with Crippen molar-refractivity contribution in [3.8, 4) is 0 Å². The zero-order valence-corrected chi connectivity index (χ0v) is 15.8. The summed E-state index contributed by atoms with van der Waals surface area (Å²) in [5.74, 6) is 1.23. The third kappa shape index (κ3) is 4.36. The molecule has 0 radical (unpaired) electrons. The first-order valence-electron chi connectivity index (χ1n) is 9.51. The van der Waals surface area contributed by atoms with E-state index in [-0.39, 0.29) is 5.82 Å². The third-order valence-electron chi connectivity index (χ3n) is 4.97. The third-order valence-corrected chi connectivity index (χ3v) is 4.97. The van der Waals surface area contributed by atoms with Crippen molar-refractivity contribution in [2.45, 2.75) is 19.8 Å². The highest BCUT2D eigenvalue weighted by molar-refractivity contribution is 5.61. The Labute approximate surface area is 163 Å². The summed E-state index contributed by atoms with van der Waals surface area (Å²) in [5, 5.41) is 14.0. The fourth-order valence-electron chi connectivity index (χ4n) is 3.27. The van der Waals surface area contributed by atoms with Gasteiger partial charge in [-0.2, -0.15) is 10.1 Å². The number of hydrogen-bond acceptors (Lipinski definition) is 6. The van der Waals surface area contributed by atoms with Gasteiger partial charge in [-0.1, -0.05) is 19.1 Å². The Morgan fingerprint density at radius 2 is 1.75 bits per heavy atom. The maximum absolute atomic E-state index is 13.8. The van der Waals surface area contributed by atoms with E-state index in [1.54, 1.807) is 18.2 Å². The molecule has 1 saturated heterocycles. The summed E-state index contributed by atoms with van der Waals surface area (Å²) in [6, 6.07) is 14.6. The van der Waals surface area contributed by atoms with E-state index >= 15 is 0 Å². The lowest BCUT2D eigenvalue weighted by Gasteiger charge is -2.32. The largest absolute Gasteiger partial charge is 0.372 e. The maximum Gasteiger partial charge on any atom is 0.249 e. The number of anilines is 5. The lowest BCUT2D eigenvalue weighted by molar-refractivity contribution is 0.438. The molecule has 2 N–H and O–H groups in total. The molecule has 6 nitrogen and oxygen atoms in total. The minimum absolute atomic E-state index is 0.342. The first-order valence-corrected chi connectivity index (χ1v) is 9.51. The SMILES string of the molecule is CC1CCN(c2ccc(Nc3nncc(Nc4ccccc4F)n3)cc2)CC1. The predicted octanol–water partition coefficient (Wildman–Crippen LogP) is 4.73. The monoisotopic (exact) mass is 378 g/mol. The number of aromatic nitrogens is 3. The minimum Gasteiger partial charge on any atom is -0.372 e. The van der Waals surface area contributed by atoms with Crippen LogP contribution >= 0.6 is 0 Å². The van der Waals surface area contributed by atoms with Gasteiger partial charge in [-0.15, -0.1) is 5.10 Å². The van der Waals surface area contributed by atoms with Gasteiger partial charge in [-0.25, -0.2) is 4.39 Å². The molecular formula is C21H23FN6. The van der Waals surface area contributed by atoms with Crippen molar-refractivity contribution in [3.05, 3.63) is 60.5 Å². The Balaban J connectivity index is 1.42. The molecule has 1 aliphatic heterocycles. The van der Waals surface area contributed by atoms with Crippen molar-refractivity contribution in [1.82, 2.24) is 15.2 Å². The average molecular weight is 378 g/mol. The van der Waals surface area contributed by atoms with Gasteiger partial charge >= 0.3 is 0 Å². The van der Waals surface area contributed by atoms with Gasteiger partial charge in [0, 0.05) is 24.5 Å². The summed E-state index contributed by atoms with van der Waals surface area (Å²) in [6.45, 7) is 4.52. The minimum atomic E-state index is -0.349. The Bertz CT molecular complexity index is 922. The number of para-hydroxylation sites is 1. The Kier molecular flexibility index (Phi) is 5.32. The van der Waals surface area contributed by atoms with Crippen molar-refractivity contribution in [2.24, 2.45) is 5.92 Å². The number of halogens is 1. The Hall–Kier alpha value is -3.22. The fraction of sp³-hybridized carbons (Fsp3) is 0.286. The summed E-state index contributed by atoms with van der Waals surface area (Å²) in [5.41, 5.74) is 2.44. The maximum atomic E-state index is 13.8. The van der Waals surface area contributed by atoms with Crippen LogP contribution in [-0.4, -0.2) is 28.3 Å². The molecule has 0 unspecified atom stereocenters. The van der Waals surface area contributed by atoms with Crippen LogP contribution < -0.4 is 15.5 Å². The molecule has 0 spiro atoms. The lowest BCUT2D eigenvalue weighted by atomic mass is 9.99. The molecule has 1 aromatic heterocycles. The van der Waals surface area contributed by atoms with E-state index in [1.165, 1.54) is 30.8 Å². The number of hydrogen-bond donors (Lipinski definition) is 2. The first-order chi connectivity index (χ1) is 13.7. The lowest BCUT2D eigenvalue weighted by Crippen LogP contribution is -2.32. The predicted molar refractivity (Wildman–Crippen MR) is 110 cm³/mol. The van der Waals surface area contributed by atoms with Crippen LogP contribution in [0, 0.1) is 11.7 Å². The van der Waals surface area contributed by atoms with Crippen molar-refractivity contribution in [1.29, 1.82) is 0 Å². The molecule has 1 aliphatic rings. The van der Waals surface area contributed by atoms with Gasteiger partial charge in [0.2, 0.25) is 5.95 Å². The van der Waals surface area contributed by atoms with Gasteiger partial charge in [0.25, 0.3) is 0 Å². The van der Waals surface area contributed by atoms with E-state index in [1.807, 2.05) is 12.1 Å². The standard InChI is InChI=1S/C21H23FN6/c1-15-10-12-28(13-11-15)17-8-6-16(7-9-17)24-21-26-20(14-23-27-21)25-19-5-3-2-4-18(19)22/h2-9,14-15H,10-13H2,1H3,(H2,24,25,26,27). The summed E-state index contributed by atoms with van der Waals surface area (Å²) in [4.78, 5) is 6.77. The Morgan fingerprint density at radius 3 is 2.50 bits per heavy atom. The quantitative estimate of drug-likeness (QED) is 0.669. The van der Waals surface area contributed by atoms with Crippen LogP contribution in [0.2, 0.25) is 0 Å². The fourth-order valence-corrected chi connectivity index (χ4v) is 3.27. The smallest absolute Gasteiger partial charge is 0.249 e. The molecule has 144 valence electrons. The van der Waals surface area contributed by atoms with Crippen molar-refractivity contribution in [2.75, 3.05) is 28.6 Å². The van der Waals surface area contributed by atoms with Crippen molar-refractivity contribution in [3.63, 3.8) is 0 Å². The topological polar surface area (TPSA) is 66.0 Å². The number of nitrogens with zero attached hydrogens (tertiary/aromatic N) is 4. The molecule has 28 heavy (non-hydrogen) atoms. The van der Waals surface area contributed by atoms with Crippen LogP contribution in [0.25, 0.3) is 0 Å². The van der Waals surface area contributed by atoms with E-state index in [0.717, 1.165) is 24.7 Å². The van der Waals surface area contributed by atoms with Gasteiger partial charge < -0.3 is 15.5 Å². The van der Waals surface area contributed by atoms with Crippen LogP contribution in [0.3, 0.4) is 0 Å². The number of piperidine rings is 1. The molecule has 2 aromatic carbocycles. The summed E-state index contributed by atoms with van der Waals surface area (Å²) in [7, 11) is 0. The molecule has 0 aliphatic carbocycles. The van der Waals surface area contributed by atoms with Crippen molar-refractivity contribution >= 4 is 28.8 Å². The second-order valence-corrected chi connectivity index (χ2v) is 7.11. The zero-order valence-electron chi connectivity index (χ0n) is 15.8. The molecule has 1 fully saturated rings. The second-order valence-electron chi connectivity index (χ2n) is 7.11. The molecular weight excluding hydrogens is 355 g/mol. The van der Waals surface area contributed by atoms with Gasteiger partial charge in [0.15, 0.2) is 5.82 Å². The Morgan fingerprint density at radius 1 is 1.00 bits per heavy atom. The molecule has 0 amide bonds. The highest BCUT2D eigenvalue weighted by Gasteiger charge is 2.15. The highest BCUT2D eigenvalue weighted by atomic mass is 19.1. The van der Waals surface area contributed by atoms with Crippen LogP contribution in [0.4, 0.5) is 33.2 Å². The van der Waals surface area contributed by atoms with Gasteiger partial charge in [0.1, 0.15) is 5.82 Å². The van der Waals surface area contributed by atoms with Crippen LogP contribution in [0.15, 0.2) is 54.7 Å². The summed E-state index contributed by atoms with van der Waals surface area (Å²) < 4.78 is 13.8. The second kappa shape index (κ2) is 8.21. The highest BCUT2D eigenvalue weighted by Crippen LogP contribution is 2.25. The normalized spacial score (nSPS) is 14.7. The van der Waals surface area contributed by atoms with Crippen LogP contribution in [0.1, 0.15) is 19.8 Å². The van der Waals surface area contributed by atoms with E-state index in [4.69, 9.17) is 0 Å². The molecule has 0 atom stereocenters. The van der Waals surface area contributed by atoms with E-state index in [0.29, 0.717) is 17.5 Å². The number of benzene rings is 2. The molecule has 3 aromatic rings. The van der Waals surface area contributed by atoms with Crippen molar-refractivity contribution < 1.29 is 4.39 Å². The van der Waals surface area contributed by atoms with Crippen LogP contribution in [-0.2, 0) is 0 Å². The van der Waals surface area contributed by atoms with Crippen LogP contribution in [0.5, 0.6) is 0 Å². The summed E-state index contributed by atoms with van der Waals surface area (Å²) >= 11 is 0. The average Bonchev–Trinajstić information content (AvgIpc) is 2.71. The number of nitrogens with one attached hydrogen (secondary N) is 2. The van der Waals surface area contributed by atoms with Gasteiger partial charge in [0.05, 0.1) is 11.9 Å². The molecule has 7 heteroatoms. The molecule has 2 heterocycles. The molecule has 4 rings (SSSR count).